The van der Waals surface area contributed by atoms with Gasteiger partial charge in [0.2, 0.25) is 0 Å². The molecule has 1 N–H and O–H groups in total. The molecular weight excluding hydrogens is 369 g/mol. The van der Waals surface area contributed by atoms with Crippen LogP contribution >= 0.6 is 0 Å². The minimum absolute atomic E-state index is 0.129. The molecule has 1 aliphatic heterocycles. The number of aromatic nitrogens is 4. The molecule has 0 radical (unpaired) electrons. The Bertz CT molecular complexity index is 976. The van der Waals surface area contributed by atoms with Gasteiger partial charge in [-0.2, -0.15) is 4.52 Å². The summed E-state index contributed by atoms with van der Waals surface area (Å²) in [5.74, 6) is 0.782. The van der Waals surface area contributed by atoms with Crippen molar-refractivity contribution in [3.8, 4) is 11.4 Å². The van der Waals surface area contributed by atoms with Crippen LogP contribution in [-0.4, -0.2) is 74.9 Å². The lowest BCUT2D eigenvalue weighted by molar-refractivity contribution is 0.147. The molecule has 0 unspecified atom stereocenters. The van der Waals surface area contributed by atoms with Crippen molar-refractivity contribution in [3.05, 3.63) is 42.2 Å². The van der Waals surface area contributed by atoms with Gasteiger partial charge in [-0.05, 0) is 51.6 Å². The van der Waals surface area contributed by atoms with Gasteiger partial charge in [0.15, 0.2) is 11.5 Å². The van der Waals surface area contributed by atoms with Crippen molar-refractivity contribution >= 4 is 11.5 Å². The number of fused-ring (bicyclic) bond motifs is 1. The fraction of sp³-hybridized carbons (Fsp3) is 0.476. The van der Waals surface area contributed by atoms with Gasteiger partial charge in [-0.15, -0.1) is 15.3 Å². The first-order valence-corrected chi connectivity index (χ1v) is 10.1. The summed E-state index contributed by atoms with van der Waals surface area (Å²) in [7, 11) is 2.17. The largest absolute Gasteiger partial charge is 0.364 e. The molecule has 154 valence electrons. The lowest BCUT2D eigenvalue weighted by Gasteiger charge is -2.35. The summed E-state index contributed by atoms with van der Waals surface area (Å²) in [4.78, 5) is 4.88. The van der Waals surface area contributed by atoms with Crippen molar-refractivity contribution in [2.75, 3.05) is 45.1 Å². The second-order valence-corrected chi connectivity index (χ2v) is 8.40. The van der Waals surface area contributed by atoms with E-state index in [0.717, 1.165) is 45.0 Å². The van der Waals surface area contributed by atoms with E-state index < -0.39 is 0 Å². The van der Waals surface area contributed by atoms with E-state index >= 15 is 0 Å². The van der Waals surface area contributed by atoms with Crippen molar-refractivity contribution in [3.63, 3.8) is 0 Å². The maximum Gasteiger partial charge on any atom is 0.188 e. The van der Waals surface area contributed by atoms with E-state index in [0.29, 0.717) is 17.0 Å². The monoisotopic (exact) mass is 397 g/mol. The molecular formula is C21H28FN7. The third kappa shape index (κ3) is 4.54. The zero-order chi connectivity index (χ0) is 20.4. The van der Waals surface area contributed by atoms with Gasteiger partial charge in [0.1, 0.15) is 11.6 Å². The highest BCUT2D eigenvalue weighted by Gasteiger charge is 2.22. The van der Waals surface area contributed by atoms with Gasteiger partial charge in [-0.1, -0.05) is 12.1 Å². The quantitative estimate of drug-likeness (QED) is 0.690. The Balaban J connectivity index is 1.49. The number of nitrogens with one attached hydrogen (secondary N) is 1. The van der Waals surface area contributed by atoms with Gasteiger partial charge in [0, 0.05) is 38.3 Å². The van der Waals surface area contributed by atoms with Crippen LogP contribution in [0.3, 0.4) is 0 Å². The summed E-state index contributed by atoms with van der Waals surface area (Å²) >= 11 is 0. The first-order valence-electron chi connectivity index (χ1n) is 10.1. The highest BCUT2D eigenvalue weighted by molar-refractivity contribution is 5.60. The predicted molar refractivity (Wildman–Crippen MR) is 112 cm³/mol. The van der Waals surface area contributed by atoms with Gasteiger partial charge in [-0.3, -0.25) is 0 Å². The van der Waals surface area contributed by atoms with E-state index in [-0.39, 0.29) is 11.4 Å². The van der Waals surface area contributed by atoms with Crippen LogP contribution < -0.4 is 5.32 Å². The number of hydrogen-bond donors (Lipinski definition) is 1. The first-order chi connectivity index (χ1) is 13.9. The molecule has 0 aliphatic carbocycles. The molecule has 0 amide bonds. The zero-order valence-electron chi connectivity index (χ0n) is 17.3. The molecule has 4 rings (SSSR count). The average Bonchev–Trinajstić information content (AvgIpc) is 3.11. The number of benzene rings is 1. The van der Waals surface area contributed by atoms with Crippen molar-refractivity contribution in [1.29, 1.82) is 0 Å². The van der Waals surface area contributed by atoms with Crippen molar-refractivity contribution in [2.24, 2.45) is 0 Å². The number of likely N-dealkylation sites (N-methyl/N-ethyl adjacent to an activating group) is 1. The number of nitrogens with zero attached hydrogens (tertiary/aromatic N) is 6. The molecule has 0 spiro atoms. The van der Waals surface area contributed by atoms with Gasteiger partial charge in [0.25, 0.3) is 0 Å². The molecule has 0 atom stereocenters. The van der Waals surface area contributed by atoms with Gasteiger partial charge in [0.05, 0.1) is 5.56 Å². The standard InChI is InChI=1S/C21H28FN7/c1-21(2,10-11-28-14-12-27(3)13-15-28)23-18-8-9-19-24-25-20(29(19)26-18)16-6-4-5-7-17(16)22/h4-9H,10-15H2,1-3H3,(H,23,26). The number of rotatable bonds is 6. The van der Waals surface area contributed by atoms with Crippen LogP contribution in [0.1, 0.15) is 20.3 Å². The van der Waals surface area contributed by atoms with E-state index in [1.807, 2.05) is 12.1 Å². The average molecular weight is 398 g/mol. The number of hydrogen-bond acceptors (Lipinski definition) is 6. The van der Waals surface area contributed by atoms with Crippen LogP contribution in [0.15, 0.2) is 36.4 Å². The Morgan fingerprint density at radius 3 is 2.55 bits per heavy atom. The molecule has 0 saturated carbocycles. The minimum atomic E-state index is -0.338. The maximum atomic E-state index is 14.2. The van der Waals surface area contributed by atoms with E-state index in [4.69, 9.17) is 0 Å². The van der Waals surface area contributed by atoms with Crippen molar-refractivity contribution in [1.82, 2.24) is 29.6 Å². The number of piperazine rings is 1. The molecule has 3 aromatic rings. The lowest BCUT2D eigenvalue weighted by Crippen LogP contribution is -2.46. The highest BCUT2D eigenvalue weighted by Crippen LogP contribution is 2.23. The smallest absolute Gasteiger partial charge is 0.188 e. The molecule has 8 heteroatoms. The summed E-state index contributed by atoms with van der Waals surface area (Å²) in [6, 6.07) is 10.3. The Hall–Kier alpha value is -2.58. The highest BCUT2D eigenvalue weighted by atomic mass is 19.1. The minimum Gasteiger partial charge on any atom is -0.364 e. The van der Waals surface area contributed by atoms with Gasteiger partial charge < -0.3 is 15.1 Å². The second kappa shape index (κ2) is 8.04. The molecule has 2 aromatic heterocycles. The molecule has 1 aliphatic rings. The third-order valence-corrected chi connectivity index (χ3v) is 5.49. The Morgan fingerprint density at radius 2 is 1.79 bits per heavy atom. The fourth-order valence-electron chi connectivity index (χ4n) is 3.58. The summed E-state index contributed by atoms with van der Waals surface area (Å²) in [6.07, 6.45) is 0.999. The molecule has 1 saturated heterocycles. The molecule has 1 aromatic carbocycles. The predicted octanol–water partition coefficient (Wildman–Crippen LogP) is 2.76. The summed E-state index contributed by atoms with van der Waals surface area (Å²) in [5.41, 5.74) is 0.846. The second-order valence-electron chi connectivity index (χ2n) is 8.40. The van der Waals surface area contributed by atoms with E-state index in [1.54, 1.807) is 22.7 Å². The first kappa shape index (κ1) is 19.7. The van der Waals surface area contributed by atoms with Crippen LogP contribution in [0.5, 0.6) is 0 Å². The van der Waals surface area contributed by atoms with Crippen LogP contribution in [0.25, 0.3) is 17.0 Å². The van der Waals surface area contributed by atoms with Gasteiger partial charge in [-0.25, -0.2) is 4.39 Å². The molecule has 1 fully saturated rings. The fourth-order valence-corrected chi connectivity index (χ4v) is 3.58. The summed E-state index contributed by atoms with van der Waals surface area (Å²) in [6.45, 7) is 9.88. The maximum absolute atomic E-state index is 14.2. The lowest BCUT2D eigenvalue weighted by atomic mass is 10.00. The van der Waals surface area contributed by atoms with Crippen LogP contribution in [0.2, 0.25) is 0 Å². The van der Waals surface area contributed by atoms with Crippen LogP contribution in [-0.2, 0) is 0 Å². The topological polar surface area (TPSA) is 61.6 Å². The summed E-state index contributed by atoms with van der Waals surface area (Å²) in [5, 5.41) is 16.4. The Morgan fingerprint density at radius 1 is 1.03 bits per heavy atom. The van der Waals surface area contributed by atoms with E-state index in [1.165, 1.54) is 6.07 Å². The van der Waals surface area contributed by atoms with E-state index in [9.17, 15) is 4.39 Å². The Kier molecular flexibility index (Phi) is 5.47. The van der Waals surface area contributed by atoms with Crippen LogP contribution in [0, 0.1) is 5.82 Å². The number of halogens is 1. The molecule has 7 nitrogen and oxygen atoms in total. The van der Waals surface area contributed by atoms with Crippen molar-refractivity contribution < 1.29 is 4.39 Å². The van der Waals surface area contributed by atoms with Gasteiger partial charge >= 0.3 is 0 Å². The summed E-state index contributed by atoms with van der Waals surface area (Å²) < 4.78 is 15.8. The normalized spacial score (nSPS) is 16.4. The third-order valence-electron chi connectivity index (χ3n) is 5.49. The molecule has 0 bridgehead atoms. The Labute approximate surface area is 170 Å². The molecule has 3 heterocycles. The van der Waals surface area contributed by atoms with E-state index in [2.05, 4.69) is 51.3 Å². The van der Waals surface area contributed by atoms with Crippen LogP contribution in [0.4, 0.5) is 10.2 Å². The number of anilines is 1. The zero-order valence-corrected chi connectivity index (χ0v) is 17.3. The molecule has 29 heavy (non-hydrogen) atoms. The van der Waals surface area contributed by atoms with Crippen molar-refractivity contribution in [2.45, 2.75) is 25.8 Å². The SMILES string of the molecule is CN1CCN(CCC(C)(C)Nc2ccc3nnc(-c4ccccc4F)n3n2)CC1.